The van der Waals surface area contributed by atoms with Gasteiger partial charge in [-0.15, -0.1) is 10.2 Å². The van der Waals surface area contributed by atoms with E-state index in [0.29, 0.717) is 23.8 Å². The molecule has 2 aromatic heterocycles. The Morgan fingerprint density at radius 3 is 3.12 bits per heavy atom. The molecule has 0 spiro atoms. The molecule has 0 saturated carbocycles. The molecule has 1 N–H and O–H groups in total. The fourth-order valence-corrected chi connectivity index (χ4v) is 4.25. The number of carbonyl (C=O) groups excluding carboxylic acids is 2. The molecule has 9 heteroatoms. The van der Waals surface area contributed by atoms with Gasteiger partial charge in [-0.25, -0.2) is 0 Å². The van der Waals surface area contributed by atoms with Gasteiger partial charge in [-0.3, -0.25) is 9.59 Å². The molecule has 0 aliphatic carbocycles. The maximum atomic E-state index is 12.5. The van der Waals surface area contributed by atoms with Gasteiger partial charge in [-0.1, -0.05) is 30.0 Å². The van der Waals surface area contributed by atoms with Crippen molar-refractivity contribution < 1.29 is 14.0 Å². The molecule has 24 heavy (non-hydrogen) atoms. The Kier molecular flexibility index (Phi) is 5.52. The van der Waals surface area contributed by atoms with Crippen LogP contribution in [0.25, 0.3) is 0 Å². The summed E-state index contributed by atoms with van der Waals surface area (Å²) in [5, 5.41) is 11.3. The number of hydrogen-bond donors (Lipinski definition) is 1. The van der Waals surface area contributed by atoms with E-state index < -0.39 is 0 Å². The van der Waals surface area contributed by atoms with Crippen LogP contribution in [0, 0.1) is 5.92 Å². The van der Waals surface area contributed by atoms with E-state index in [0.717, 1.165) is 22.9 Å². The van der Waals surface area contributed by atoms with E-state index in [4.69, 9.17) is 4.42 Å². The molecule has 0 unspecified atom stereocenters. The van der Waals surface area contributed by atoms with Crippen LogP contribution in [0.4, 0.5) is 5.13 Å². The third kappa shape index (κ3) is 3.96. The van der Waals surface area contributed by atoms with E-state index in [-0.39, 0.29) is 17.7 Å². The summed E-state index contributed by atoms with van der Waals surface area (Å²) in [4.78, 5) is 26.5. The van der Waals surface area contributed by atoms with Crippen LogP contribution in [0.2, 0.25) is 0 Å². The summed E-state index contributed by atoms with van der Waals surface area (Å²) in [5.74, 6) is 0.472. The molecule has 2 aromatic rings. The summed E-state index contributed by atoms with van der Waals surface area (Å²) in [5.41, 5.74) is 0.515. The van der Waals surface area contributed by atoms with E-state index in [1.165, 1.54) is 23.9 Å². The third-order valence-electron chi connectivity index (χ3n) is 3.75. The molecule has 1 saturated heterocycles. The highest BCUT2D eigenvalue weighted by atomic mass is 32.2. The van der Waals surface area contributed by atoms with Crippen molar-refractivity contribution in [2.45, 2.75) is 24.1 Å². The first-order valence-corrected chi connectivity index (χ1v) is 9.56. The second-order valence-corrected chi connectivity index (χ2v) is 7.89. The van der Waals surface area contributed by atoms with Crippen LogP contribution >= 0.6 is 23.1 Å². The predicted octanol–water partition coefficient (Wildman–Crippen LogP) is 2.73. The lowest BCUT2D eigenvalue weighted by atomic mass is 9.97. The molecule has 1 aliphatic heterocycles. The molecule has 7 nitrogen and oxygen atoms in total. The summed E-state index contributed by atoms with van der Waals surface area (Å²) in [7, 11) is 0. The van der Waals surface area contributed by atoms with Gasteiger partial charge in [0, 0.05) is 13.1 Å². The molecule has 1 atom stereocenters. The van der Waals surface area contributed by atoms with Gasteiger partial charge in [0.25, 0.3) is 5.91 Å². The van der Waals surface area contributed by atoms with Crippen molar-refractivity contribution >= 4 is 40.0 Å². The minimum absolute atomic E-state index is 0.0983. The number of piperidine rings is 1. The summed E-state index contributed by atoms with van der Waals surface area (Å²) >= 11 is 2.96. The number of furan rings is 1. The topological polar surface area (TPSA) is 88.3 Å². The molecule has 128 valence electrons. The molecule has 0 radical (unpaired) electrons. The van der Waals surface area contributed by atoms with Crippen LogP contribution in [0.1, 0.15) is 30.1 Å². The lowest BCUT2D eigenvalue weighted by Crippen LogP contribution is -2.43. The first-order chi connectivity index (χ1) is 11.7. The number of thioether (sulfide) groups is 1. The predicted molar refractivity (Wildman–Crippen MR) is 92.3 cm³/mol. The van der Waals surface area contributed by atoms with Gasteiger partial charge in [0.1, 0.15) is 6.26 Å². The van der Waals surface area contributed by atoms with Crippen LogP contribution in [0.15, 0.2) is 27.3 Å². The Hall–Kier alpha value is -1.87. The molecule has 3 rings (SSSR count). The highest BCUT2D eigenvalue weighted by molar-refractivity contribution is 8.01. The van der Waals surface area contributed by atoms with Crippen molar-refractivity contribution in [3.8, 4) is 0 Å². The maximum Gasteiger partial charge on any atom is 0.257 e. The fraction of sp³-hybridized carbons (Fsp3) is 0.467. The fourth-order valence-electron chi connectivity index (χ4n) is 2.59. The summed E-state index contributed by atoms with van der Waals surface area (Å²) < 4.78 is 5.80. The molecule has 0 bridgehead atoms. The molecule has 1 aliphatic rings. The van der Waals surface area contributed by atoms with Crippen LogP contribution in [-0.4, -0.2) is 45.8 Å². The van der Waals surface area contributed by atoms with Crippen molar-refractivity contribution in [1.82, 2.24) is 15.1 Å². The number of nitrogens with zero attached hydrogens (tertiary/aromatic N) is 3. The van der Waals surface area contributed by atoms with Gasteiger partial charge in [-0.2, -0.15) is 0 Å². The van der Waals surface area contributed by atoms with Crippen LogP contribution in [0.5, 0.6) is 0 Å². The van der Waals surface area contributed by atoms with E-state index in [1.54, 1.807) is 22.7 Å². The standard InChI is InChI=1S/C15H18N4O3S2/c1-2-23-15-18-17-14(24-15)16-12(20)10-4-3-6-19(8-10)13(21)11-5-7-22-9-11/h5,7,9-10H,2-4,6,8H2,1H3,(H,16,17,20)/t10-/m1/s1. The number of rotatable bonds is 5. The van der Waals surface area contributed by atoms with Crippen molar-refractivity contribution in [3.05, 3.63) is 24.2 Å². The number of carbonyl (C=O) groups is 2. The van der Waals surface area contributed by atoms with Gasteiger partial charge in [0.05, 0.1) is 17.7 Å². The van der Waals surface area contributed by atoms with Crippen LogP contribution in [0.3, 0.4) is 0 Å². The zero-order chi connectivity index (χ0) is 16.9. The average molecular weight is 366 g/mol. The summed E-state index contributed by atoms with van der Waals surface area (Å²) in [6, 6.07) is 1.64. The van der Waals surface area contributed by atoms with Crippen LogP contribution in [-0.2, 0) is 4.79 Å². The Labute approximate surface area is 147 Å². The van der Waals surface area contributed by atoms with Gasteiger partial charge in [-0.05, 0) is 24.7 Å². The first-order valence-electron chi connectivity index (χ1n) is 7.76. The average Bonchev–Trinajstić information content (AvgIpc) is 3.27. The number of nitrogens with one attached hydrogen (secondary N) is 1. The maximum absolute atomic E-state index is 12.5. The monoisotopic (exact) mass is 366 g/mol. The highest BCUT2D eigenvalue weighted by Crippen LogP contribution is 2.26. The second-order valence-electron chi connectivity index (χ2n) is 5.40. The molecule has 2 amide bonds. The smallest absolute Gasteiger partial charge is 0.257 e. The number of anilines is 1. The lowest BCUT2D eigenvalue weighted by Gasteiger charge is -2.31. The van der Waals surface area contributed by atoms with Crippen molar-refractivity contribution in [2.75, 3.05) is 24.2 Å². The van der Waals surface area contributed by atoms with Crippen molar-refractivity contribution in [2.24, 2.45) is 5.92 Å². The number of aromatic nitrogens is 2. The van der Waals surface area contributed by atoms with Gasteiger partial charge < -0.3 is 14.6 Å². The minimum atomic E-state index is -0.235. The normalized spacial score (nSPS) is 17.7. The Morgan fingerprint density at radius 1 is 1.50 bits per heavy atom. The number of hydrogen-bond acceptors (Lipinski definition) is 7. The molecular formula is C15H18N4O3S2. The quantitative estimate of drug-likeness (QED) is 0.647. The second kappa shape index (κ2) is 7.80. The zero-order valence-electron chi connectivity index (χ0n) is 13.2. The molecule has 1 fully saturated rings. The number of amides is 2. The number of likely N-dealkylation sites (tertiary alicyclic amines) is 1. The third-order valence-corrected chi connectivity index (χ3v) is 5.61. The lowest BCUT2D eigenvalue weighted by molar-refractivity contribution is -0.121. The largest absolute Gasteiger partial charge is 0.472 e. The Bertz CT molecular complexity index is 701. The van der Waals surface area contributed by atoms with Gasteiger partial charge in [0.15, 0.2) is 4.34 Å². The van der Waals surface area contributed by atoms with E-state index in [9.17, 15) is 9.59 Å². The van der Waals surface area contributed by atoms with Crippen molar-refractivity contribution in [3.63, 3.8) is 0 Å². The zero-order valence-corrected chi connectivity index (χ0v) is 14.9. The van der Waals surface area contributed by atoms with Crippen LogP contribution < -0.4 is 5.32 Å². The minimum Gasteiger partial charge on any atom is -0.472 e. The van der Waals surface area contributed by atoms with E-state index in [2.05, 4.69) is 15.5 Å². The SMILES string of the molecule is CCSc1nnc(NC(=O)[C@@H]2CCCN(C(=O)c3ccoc3)C2)s1. The van der Waals surface area contributed by atoms with Gasteiger partial charge in [0.2, 0.25) is 11.0 Å². The summed E-state index contributed by atoms with van der Waals surface area (Å²) in [6.07, 6.45) is 4.47. The van der Waals surface area contributed by atoms with Crippen molar-refractivity contribution in [1.29, 1.82) is 0 Å². The Morgan fingerprint density at radius 2 is 2.38 bits per heavy atom. The first kappa shape index (κ1) is 17.0. The molecule has 0 aromatic carbocycles. The van der Waals surface area contributed by atoms with E-state index in [1.807, 2.05) is 6.92 Å². The molecular weight excluding hydrogens is 348 g/mol. The Balaban J connectivity index is 1.59. The molecule has 3 heterocycles. The summed E-state index contributed by atoms with van der Waals surface area (Å²) in [6.45, 7) is 3.10. The van der Waals surface area contributed by atoms with E-state index >= 15 is 0 Å². The highest BCUT2D eigenvalue weighted by Gasteiger charge is 2.29. The van der Waals surface area contributed by atoms with Gasteiger partial charge >= 0.3 is 0 Å².